The van der Waals surface area contributed by atoms with Gasteiger partial charge in [0.1, 0.15) is 11.6 Å². The molecular formula is C10H10F3NO. The van der Waals surface area contributed by atoms with E-state index < -0.39 is 18.0 Å². The maximum atomic E-state index is 13.4. The molecule has 15 heavy (non-hydrogen) atoms. The Labute approximate surface area is 84.8 Å². The Morgan fingerprint density at radius 2 is 2.00 bits per heavy atom. The van der Waals surface area contributed by atoms with E-state index in [1.54, 1.807) is 0 Å². The van der Waals surface area contributed by atoms with Gasteiger partial charge in [-0.3, -0.25) is 0 Å². The normalized spacial score (nSPS) is 17.9. The minimum Gasteiger partial charge on any atom is -0.435 e. The Morgan fingerprint density at radius 1 is 1.33 bits per heavy atom. The molecule has 0 amide bonds. The van der Waals surface area contributed by atoms with Crippen LogP contribution in [0, 0.1) is 5.82 Å². The largest absolute Gasteiger partial charge is 0.435 e. The van der Waals surface area contributed by atoms with Crippen LogP contribution in [0.4, 0.5) is 13.2 Å². The highest BCUT2D eigenvalue weighted by Gasteiger charge is 2.42. The molecule has 2 rings (SSSR count). The zero-order valence-electron chi connectivity index (χ0n) is 7.84. The number of rotatable bonds is 3. The average molecular weight is 217 g/mol. The second kappa shape index (κ2) is 3.41. The molecule has 0 saturated heterocycles. The Balaban J connectivity index is 2.23. The summed E-state index contributed by atoms with van der Waals surface area (Å²) in [4.78, 5) is 0. The molecule has 0 aromatic heterocycles. The summed E-state index contributed by atoms with van der Waals surface area (Å²) < 4.78 is 41.2. The van der Waals surface area contributed by atoms with Gasteiger partial charge in [0.2, 0.25) is 0 Å². The first kappa shape index (κ1) is 10.3. The predicted octanol–water partition coefficient (Wildman–Crippen LogP) is 2.37. The summed E-state index contributed by atoms with van der Waals surface area (Å²) in [6, 6.07) is 3.64. The highest BCUT2D eigenvalue weighted by atomic mass is 19.3. The Kier molecular flexibility index (Phi) is 2.34. The number of nitrogens with two attached hydrogens (primary N) is 1. The van der Waals surface area contributed by atoms with Gasteiger partial charge in [0, 0.05) is 17.2 Å². The van der Waals surface area contributed by atoms with Crippen LogP contribution in [0.5, 0.6) is 5.75 Å². The van der Waals surface area contributed by atoms with Crippen molar-refractivity contribution in [1.82, 2.24) is 0 Å². The lowest BCUT2D eigenvalue weighted by Crippen LogP contribution is -2.20. The maximum absolute atomic E-state index is 13.4. The van der Waals surface area contributed by atoms with Crippen molar-refractivity contribution in [3.8, 4) is 5.75 Å². The van der Waals surface area contributed by atoms with Gasteiger partial charge >= 0.3 is 6.61 Å². The van der Waals surface area contributed by atoms with E-state index in [0.29, 0.717) is 5.56 Å². The first-order chi connectivity index (χ1) is 7.01. The molecule has 0 atom stereocenters. The van der Waals surface area contributed by atoms with Crippen molar-refractivity contribution in [1.29, 1.82) is 0 Å². The molecule has 1 aromatic rings. The van der Waals surface area contributed by atoms with Crippen LogP contribution in [0.1, 0.15) is 18.4 Å². The second-order valence-electron chi connectivity index (χ2n) is 3.68. The van der Waals surface area contributed by atoms with Crippen molar-refractivity contribution in [2.45, 2.75) is 25.0 Å². The number of halogens is 3. The molecule has 1 fully saturated rings. The standard InChI is InChI=1S/C10H10F3NO/c11-8-5-6(15-9(12)13)1-2-7(8)10(14)3-4-10/h1-2,5,9H,3-4,14H2. The zero-order chi connectivity index (χ0) is 11.1. The SMILES string of the molecule is NC1(c2ccc(OC(F)F)cc2F)CC1. The van der Waals surface area contributed by atoms with Crippen molar-refractivity contribution in [3.63, 3.8) is 0 Å². The molecule has 1 aliphatic rings. The van der Waals surface area contributed by atoms with Gasteiger partial charge in [0.25, 0.3) is 0 Å². The lowest BCUT2D eigenvalue weighted by molar-refractivity contribution is -0.0500. The Morgan fingerprint density at radius 3 is 2.47 bits per heavy atom. The van der Waals surface area contributed by atoms with E-state index in [9.17, 15) is 13.2 Å². The minimum absolute atomic E-state index is 0.185. The molecule has 0 spiro atoms. The summed E-state index contributed by atoms with van der Waals surface area (Å²) in [6.07, 6.45) is 1.44. The van der Waals surface area contributed by atoms with Gasteiger partial charge in [-0.2, -0.15) is 8.78 Å². The van der Waals surface area contributed by atoms with E-state index in [1.807, 2.05) is 0 Å². The Hall–Kier alpha value is -1.23. The summed E-state index contributed by atoms with van der Waals surface area (Å²) >= 11 is 0. The smallest absolute Gasteiger partial charge is 0.387 e. The fraction of sp³-hybridized carbons (Fsp3) is 0.400. The van der Waals surface area contributed by atoms with Gasteiger partial charge in [0.05, 0.1) is 0 Å². The van der Waals surface area contributed by atoms with Crippen LogP contribution in [-0.2, 0) is 5.54 Å². The molecule has 0 aliphatic heterocycles. The monoisotopic (exact) mass is 217 g/mol. The topological polar surface area (TPSA) is 35.2 Å². The fourth-order valence-corrected chi connectivity index (χ4v) is 1.48. The van der Waals surface area contributed by atoms with Gasteiger partial charge in [-0.15, -0.1) is 0 Å². The van der Waals surface area contributed by atoms with Gasteiger partial charge in [-0.25, -0.2) is 4.39 Å². The van der Waals surface area contributed by atoms with Crippen molar-refractivity contribution in [3.05, 3.63) is 29.6 Å². The molecule has 0 bridgehead atoms. The molecule has 1 aliphatic carbocycles. The van der Waals surface area contributed by atoms with Crippen LogP contribution in [-0.4, -0.2) is 6.61 Å². The van der Waals surface area contributed by atoms with Crippen molar-refractivity contribution in [2.24, 2.45) is 5.73 Å². The third-order valence-corrected chi connectivity index (χ3v) is 2.49. The van der Waals surface area contributed by atoms with E-state index in [4.69, 9.17) is 5.73 Å². The summed E-state index contributed by atoms with van der Waals surface area (Å²) in [5, 5.41) is 0. The van der Waals surface area contributed by atoms with Gasteiger partial charge in [0.15, 0.2) is 0 Å². The zero-order valence-corrected chi connectivity index (χ0v) is 7.84. The van der Waals surface area contributed by atoms with E-state index in [1.165, 1.54) is 12.1 Å². The molecule has 0 radical (unpaired) electrons. The highest BCUT2D eigenvalue weighted by Crippen LogP contribution is 2.44. The number of benzene rings is 1. The molecule has 2 nitrogen and oxygen atoms in total. The third-order valence-electron chi connectivity index (χ3n) is 2.49. The lowest BCUT2D eigenvalue weighted by Gasteiger charge is -2.11. The number of hydrogen-bond donors (Lipinski definition) is 1. The van der Waals surface area contributed by atoms with Crippen molar-refractivity contribution in [2.75, 3.05) is 0 Å². The summed E-state index contributed by atoms with van der Waals surface area (Å²) in [6.45, 7) is -2.94. The summed E-state index contributed by atoms with van der Waals surface area (Å²) in [7, 11) is 0. The summed E-state index contributed by atoms with van der Waals surface area (Å²) in [5.41, 5.74) is 5.55. The Bertz CT molecular complexity index is 377. The minimum atomic E-state index is -2.94. The van der Waals surface area contributed by atoms with Gasteiger partial charge in [-0.05, 0) is 18.9 Å². The molecule has 1 saturated carbocycles. The van der Waals surface area contributed by atoms with Crippen LogP contribution >= 0.6 is 0 Å². The van der Waals surface area contributed by atoms with Crippen LogP contribution in [0.2, 0.25) is 0 Å². The first-order valence-electron chi connectivity index (χ1n) is 4.55. The molecule has 1 aromatic carbocycles. The van der Waals surface area contributed by atoms with E-state index in [-0.39, 0.29) is 5.75 Å². The second-order valence-corrected chi connectivity index (χ2v) is 3.68. The first-order valence-corrected chi connectivity index (χ1v) is 4.55. The van der Waals surface area contributed by atoms with E-state index in [2.05, 4.69) is 4.74 Å². The molecule has 0 unspecified atom stereocenters. The average Bonchev–Trinajstić information content (AvgIpc) is 2.83. The highest BCUT2D eigenvalue weighted by molar-refractivity contribution is 5.36. The molecule has 5 heteroatoms. The molecule has 0 heterocycles. The van der Waals surface area contributed by atoms with E-state index >= 15 is 0 Å². The summed E-state index contributed by atoms with van der Waals surface area (Å²) in [5.74, 6) is -0.774. The van der Waals surface area contributed by atoms with Gasteiger partial charge in [-0.1, -0.05) is 6.07 Å². The van der Waals surface area contributed by atoms with Crippen LogP contribution in [0.25, 0.3) is 0 Å². The molecule has 2 N–H and O–H groups in total. The van der Waals surface area contributed by atoms with Crippen LogP contribution < -0.4 is 10.5 Å². The number of alkyl halides is 2. The maximum Gasteiger partial charge on any atom is 0.387 e. The van der Waals surface area contributed by atoms with Gasteiger partial charge < -0.3 is 10.5 Å². The molecule has 82 valence electrons. The third kappa shape index (κ3) is 2.07. The predicted molar refractivity (Wildman–Crippen MR) is 48.1 cm³/mol. The number of ether oxygens (including phenoxy) is 1. The van der Waals surface area contributed by atoms with Crippen LogP contribution in [0.3, 0.4) is 0 Å². The van der Waals surface area contributed by atoms with Crippen molar-refractivity contribution < 1.29 is 17.9 Å². The molecular weight excluding hydrogens is 207 g/mol. The quantitative estimate of drug-likeness (QED) is 0.843. The lowest BCUT2D eigenvalue weighted by atomic mass is 10.1. The van der Waals surface area contributed by atoms with E-state index in [0.717, 1.165) is 18.9 Å². The number of hydrogen-bond acceptors (Lipinski definition) is 2. The van der Waals surface area contributed by atoms with Crippen LogP contribution in [0.15, 0.2) is 18.2 Å². The fourth-order valence-electron chi connectivity index (χ4n) is 1.48. The van der Waals surface area contributed by atoms with Crippen molar-refractivity contribution >= 4 is 0 Å².